The van der Waals surface area contributed by atoms with E-state index in [1.807, 2.05) is 0 Å². The van der Waals surface area contributed by atoms with Crippen LogP contribution in [-0.4, -0.2) is 25.8 Å². The highest BCUT2D eigenvalue weighted by molar-refractivity contribution is 7.91. The first-order chi connectivity index (χ1) is 7.42. The zero-order chi connectivity index (χ0) is 11.8. The second-order valence-electron chi connectivity index (χ2n) is 5.00. The Labute approximate surface area is 101 Å². The van der Waals surface area contributed by atoms with Crippen molar-refractivity contribution in [3.63, 3.8) is 0 Å². The Balaban J connectivity index is 2.16. The van der Waals surface area contributed by atoms with Crippen molar-refractivity contribution in [3.8, 4) is 0 Å². The fourth-order valence-corrected chi connectivity index (χ4v) is 4.46. The van der Waals surface area contributed by atoms with Crippen molar-refractivity contribution in [1.29, 1.82) is 0 Å². The van der Waals surface area contributed by atoms with Gasteiger partial charge >= 0.3 is 0 Å². The first kappa shape index (κ1) is 12.1. The van der Waals surface area contributed by atoms with Gasteiger partial charge in [-0.1, -0.05) is 19.9 Å². The van der Waals surface area contributed by atoms with Gasteiger partial charge in [0, 0.05) is 13.1 Å². The van der Waals surface area contributed by atoms with Crippen LogP contribution in [-0.2, 0) is 10.0 Å². The molecule has 0 N–H and O–H groups in total. The molecular weight excluding hydrogens is 242 g/mol. The van der Waals surface area contributed by atoms with Crippen molar-refractivity contribution >= 4 is 21.4 Å². The summed E-state index contributed by atoms with van der Waals surface area (Å²) in [7, 11) is -3.22. The molecule has 1 saturated heterocycles. The van der Waals surface area contributed by atoms with E-state index >= 15 is 0 Å². The lowest BCUT2D eigenvalue weighted by Gasteiger charge is -2.35. The van der Waals surface area contributed by atoms with Crippen LogP contribution in [0.1, 0.15) is 26.7 Å². The maximum Gasteiger partial charge on any atom is 0.252 e. The lowest BCUT2D eigenvalue weighted by Crippen LogP contribution is -2.40. The lowest BCUT2D eigenvalue weighted by molar-refractivity contribution is 0.196. The first-order valence-electron chi connectivity index (χ1n) is 5.45. The van der Waals surface area contributed by atoms with Gasteiger partial charge in [0.15, 0.2) is 0 Å². The molecule has 2 heterocycles. The zero-order valence-corrected chi connectivity index (χ0v) is 11.3. The summed E-state index contributed by atoms with van der Waals surface area (Å²) in [5.74, 6) is 0. The summed E-state index contributed by atoms with van der Waals surface area (Å²) in [6.45, 7) is 5.69. The largest absolute Gasteiger partial charge is 0.252 e. The molecule has 1 aromatic heterocycles. The molecule has 0 saturated carbocycles. The van der Waals surface area contributed by atoms with Gasteiger partial charge in [0.25, 0.3) is 10.0 Å². The van der Waals surface area contributed by atoms with Gasteiger partial charge < -0.3 is 0 Å². The molecule has 1 aliphatic heterocycles. The summed E-state index contributed by atoms with van der Waals surface area (Å²) in [6, 6.07) is 3.46. The molecule has 16 heavy (non-hydrogen) atoms. The van der Waals surface area contributed by atoms with Crippen LogP contribution in [0.15, 0.2) is 21.7 Å². The highest BCUT2D eigenvalue weighted by atomic mass is 32.2. The number of sulfonamides is 1. The van der Waals surface area contributed by atoms with Crippen molar-refractivity contribution < 1.29 is 8.42 Å². The van der Waals surface area contributed by atoms with E-state index in [1.54, 1.807) is 21.8 Å². The van der Waals surface area contributed by atoms with Gasteiger partial charge in [-0.2, -0.15) is 4.31 Å². The molecule has 0 aromatic carbocycles. The number of thiophene rings is 1. The number of piperidine rings is 1. The van der Waals surface area contributed by atoms with Crippen LogP contribution in [0.2, 0.25) is 0 Å². The SMILES string of the molecule is CC1(C)CCN(S(=O)(=O)c2cccs2)CC1. The van der Waals surface area contributed by atoms with Crippen LogP contribution in [0, 0.1) is 5.41 Å². The summed E-state index contributed by atoms with van der Waals surface area (Å²) in [5, 5.41) is 1.81. The predicted octanol–water partition coefficient (Wildman–Crippen LogP) is 2.56. The molecule has 0 unspecified atom stereocenters. The number of hydrogen-bond donors (Lipinski definition) is 0. The van der Waals surface area contributed by atoms with Gasteiger partial charge in [-0.15, -0.1) is 11.3 Å². The van der Waals surface area contributed by atoms with Crippen LogP contribution in [0.5, 0.6) is 0 Å². The topological polar surface area (TPSA) is 37.4 Å². The van der Waals surface area contributed by atoms with Gasteiger partial charge in [0.2, 0.25) is 0 Å². The molecule has 3 nitrogen and oxygen atoms in total. The number of rotatable bonds is 2. The van der Waals surface area contributed by atoms with E-state index in [4.69, 9.17) is 0 Å². The van der Waals surface area contributed by atoms with Gasteiger partial charge in [0.1, 0.15) is 4.21 Å². The van der Waals surface area contributed by atoms with E-state index in [1.165, 1.54) is 11.3 Å². The van der Waals surface area contributed by atoms with Crippen molar-refractivity contribution in [2.24, 2.45) is 5.41 Å². The van der Waals surface area contributed by atoms with Gasteiger partial charge in [-0.25, -0.2) is 8.42 Å². The van der Waals surface area contributed by atoms with Crippen molar-refractivity contribution in [2.45, 2.75) is 30.9 Å². The molecule has 2 rings (SSSR count). The highest BCUT2D eigenvalue weighted by Crippen LogP contribution is 2.33. The zero-order valence-electron chi connectivity index (χ0n) is 9.64. The van der Waals surface area contributed by atoms with Crippen molar-refractivity contribution in [1.82, 2.24) is 4.31 Å². The Morgan fingerprint density at radius 3 is 2.44 bits per heavy atom. The summed E-state index contributed by atoms with van der Waals surface area (Å²) < 4.78 is 26.5. The van der Waals surface area contributed by atoms with Gasteiger partial charge in [-0.3, -0.25) is 0 Å². The van der Waals surface area contributed by atoms with Crippen LogP contribution >= 0.6 is 11.3 Å². The van der Waals surface area contributed by atoms with E-state index in [0.717, 1.165) is 12.8 Å². The van der Waals surface area contributed by atoms with Crippen LogP contribution in [0.4, 0.5) is 0 Å². The first-order valence-corrected chi connectivity index (χ1v) is 7.77. The average molecular weight is 259 g/mol. The van der Waals surface area contributed by atoms with Gasteiger partial charge in [0.05, 0.1) is 0 Å². The minimum Gasteiger partial charge on any atom is -0.206 e. The Morgan fingerprint density at radius 2 is 1.94 bits per heavy atom. The van der Waals surface area contributed by atoms with E-state index in [9.17, 15) is 8.42 Å². The van der Waals surface area contributed by atoms with Crippen LogP contribution < -0.4 is 0 Å². The van der Waals surface area contributed by atoms with Crippen LogP contribution in [0.25, 0.3) is 0 Å². The molecule has 1 aliphatic rings. The summed E-state index contributed by atoms with van der Waals surface area (Å²) >= 11 is 1.29. The smallest absolute Gasteiger partial charge is 0.206 e. The number of nitrogens with zero attached hydrogens (tertiary/aromatic N) is 1. The third-order valence-electron chi connectivity index (χ3n) is 3.17. The summed E-state index contributed by atoms with van der Waals surface area (Å²) in [6.07, 6.45) is 1.88. The summed E-state index contributed by atoms with van der Waals surface area (Å²) in [5.41, 5.74) is 0.279. The molecule has 0 amide bonds. The monoisotopic (exact) mass is 259 g/mol. The molecule has 0 spiro atoms. The third-order valence-corrected chi connectivity index (χ3v) is 6.44. The van der Waals surface area contributed by atoms with E-state index in [2.05, 4.69) is 13.8 Å². The van der Waals surface area contributed by atoms with Crippen molar-refractivity contribution in [2.75, 3.05) is 13.1 Å². The molecule has 0 aliphatic carbocycles. The molecule has 5 heteroatoms. The Morgan fingerprint density at radius 1 is 1.31 bits per heavy atom. The fourth-order valence-electron chi connectivity index (χ4n) is 1.87. The quantitative estimate of drug-likeness (QED) is 0.818. The Bertz CT molecular complexity index is 438. The average Bonchev–Trinajstić information content (AvgIpc) is 2.70. The molecule has 0 atom stereocenters. The van der Waals surface area contributed by atoms with Gasteiger partial charge in [-0.05, 0) is 29.7 Å². The van der Waals surface area contributed by atoms with E-state index < -0.39 is 10.0 Å². The fraction of sp³-hybridized carbons (Fsp3) is 0.636. The Kier molecular flexibility index (Phi) is 3.11. The standard InChI is InChI=1S/C11H17NO2S2/c1-11(2)5-7-12(8-6-11)16(13,14)10-4-3-9-15-10/h3-4,9H,5-8H2,1-2H3. The molecule has 90 valence electrons. The normalized spacial score (nSPS) is 22.1. The maximum absolute atomic E-state index is 12.2. The third kappa shape index (κ3) is 2.31. The predicted molar refractivity (Wildman–Crippen MR) is 66.1 cm³/mol. The molecule has 0 radical (unpaired) electrons. The number of hydrogen-bond acceptors (Lipinski definition) is 3. The Hall–Kier alpha value is -0.390. The van der Waals surface area contributed by atoms with Crippen LogP contribution in [0.3, 0.4) is 0 Å². The minimum absolute atomic E-state index is 0.279. The highest BCUT2D eigenvalue weighted by Gasteiger charge is 2.32. The molecule has 1 fully saturated rings. The lowest BCUT2D eigenvalue weighted by atomic mass is 9.83. The second kappa shape index (κ2) is 4.13. The molecule has 1 aromatic rings. The maximum atomic E-state index is 12.2. The van der Waals surface area contributed by atoms with E-state index in [-0.39, 0.29) is 5.41 Å². The second-order valence-corrected chi connectivity index (χ2v) is 8.11. The molecular formula is C11H17NO2S2. The molecule has 0 bridgehead atoms. The minimum atomic E-state index is -3.22. The van der Waals surface area contributed by atoms with Crippen molar-refractivity contribution in [3.05, 3.63) is 17.5 Å². The van der Waals surface area contributed by atoms with E-state index in [0.29, 0.717) is 17.3 Å². The summed E-state index contributed by atoms with van der Waals surface area (Å²) in [4.78, 5) is 0.